The molecule has 1 aromatic rings. The first-order valence-corrected chi connectivity index (χ1v) is 3.49. The minimum Gasteiger partial charge on any atom is -0.476 e. The van der Waals surface area contributed by atoms with Gasteiger partial charge in [-0.2, -0.15) is 8.78 Å². The first-order chi connectivity index (χ1) is 5.94. The van der Waals surface area contributed by atoms with E-state index < -0.39 is 17.6 Å². The number of hydrogen-bond acceptors (Lipinski definition) is 2. The molecular formula is C8H8ClF2NO2. The van der Waals surface area contributed by atoms with Crippen LogP contribution in [0.2, 0.25) is 0 Å². The van der Waals surface area contributed by atoms with Crippen molar-refractivity contribution in [2.24, 2.45) is 0 Å². The maximum Gasteiger partial charge on any atom is 0.384 e. The van der Waals surface area contributed by atoms with E-state index in [1.54, 1.807) is 6.92 Å². The van der Waals surface area contributed by atoms with Crippen molar-refractivity contribution in [1.29, 1.82) is 0 Å². The molecule has 1 rings (SSSR count). The third kappa shape index (κ3) is 2.38. The molecule has 0 unspecified atom stereocenters. The number of rotatable bonds is 2. The lowest BCUT2D eigenvalue weighted by molar-refractivity contribution is -0.166. The van der Waals surface area contributed by atoms with E-state index in [2.05, 4.69) is 4.98 Å². The Bertz CT molecular complexity index is 327. The van der Waals surface area contributed by atoms with Gasteiger partial charge in [-0.25, -0.2) is 4.79 Å². The zero-order chi connectivity index (χ0) is 10.1. The number of carboxylic acids is 1. The lowest BCUT2D eigenvalue weighted by Gasteiger charge is -2.09. The smallest absolute Gasteiger partial charge is 0.384 e. The Labute approximate surface area is 85.2 Å². The predicted octanol–water partition coefficient (Wildman–Crippen LogP) is 1.99. The monoisotopic (exact) mass is 223 g/mol. The topological polar surface area (TPSA) is 50.2 Å². The van der Waals surface area contributed by atoms with E-state index in [-0.39, 0.29) is 12.4 Å². The van der Waals surface area contributed by atoms with Crippen molar-refractivity contribution in [3.05, 3.63) is 29.6 Å². The summed E-state index contributed by atoms with van der Waals surface area (Å²) in [4.78, 5) is 13.5. The van der Waals surface area contributed by atoms with E-state index in [0.29, 0.717) is 5.56 Å². The zero-order valence-electron chi connectivity index (χ0n) is 7.20. The minimum absolute atomic E-state index is 0. The molecule has 1 aromatic heterocycles. The van der Waals surface area contributed by atoms with Crippen LogP contribution < -0.4 is 0 Å². The number of aromatic nitrogens is 1. The molecule has 0 fully saturated rings. The molecule has 1 heterocycles. The molecule has 0 aromatic carbocycles. The van der Waals surface area contributed by atoms with Crippen molar-refractivity contribution in [3.63, 3.8) is 0 Å². The Morgan fingerprint density at radius 1 is 1.50 bits per heavy atom. The van der Waals surface area contributed by atoms with E-state index in [1.807, 2.05) is 0 Å². The fraction of sp³-hybridized carbons (Fsp3) is 0.250. The van der Waals surface area contributed by atoms with Gasteiger partial charge in [0.1, 0.15) is 5.69 Å². The van der Waals surface area contributed by atoms with Gasteiger partial charge in [-0.15, -0.1) is 12.4 Å². The molecule has 0 atom stereocenters. The first kappa shape index (κ1) is 12.8. The normalized spacial score (nSPS) is 10.5. The van der Waals surface area contributed by atoms with Crippen LogP contribution in [-0.4, -0.2) is 16.1 Å². The highest BCUT2D eigenvalue weighted by atomic mass is 35.5. The molecule has 0 spiro atoms. The van der Waals surface area contributed by atoms with Gasteiger partial charge in [0.15, 0.2) is 0 Å². The molecule has 0 saturated carbocycles. The average molecular weight is 224 g/mol. The van der Waals surface area contributed by atoms with Gasteiger partial charge in [0.2, 0.25) is 0 Å². The number of aliphatic carboxylic acids is 1. The molecule has 0 amide bonds. The van der Waals surface area contributed by atoms with Crippen LogP contribution >= 0.6 is 12.4 Å². The number of carbonyl (C=O) groups is 1. The SMILES string of the molecule is Cc1ccc(C(F)(F)C(=O)O)nc1.Cl. The molecule has 1 N–H and O–H groups in total. The van der Waals surface area contributed by atoms with Crippen molar-refractivity contribution in [2.45, 2.75) is 12.8 Å². The number of alkyl halides is 2. The Morgan fingerprint density at radius 3 is 2.43 bits per heavy atom. The summed E-state index contributed by atoms with van der Waals surface area (Å²) >= 11 is 0. The minimum atomic E-state index is -3.91. The average Bonchev–Trinajstić information content (AvgIpc) is 2.04. The van der Waals surface area contributed by atoms with Crippen LogP contribution in [0.3, 0.4) is 0 Å². The number of carboxylic acid groups (broad SMARTS) is 1. The fourth-order valence-electron chi connectivity index (χ4n) is 0.763. The summed E-state index contributed by atoms with van der Waals surface area (Å²) in [5.74, 6) is -6.10. The molecule has 78 valence electrons. The largest absolute Gasteiger partial charge is 0.476 e. The summed E-state index contributed by atoms with van der Waals surface area (Å²) in [6.45, 7) is 1.68. The second kappa shape index (κ2) is 4.32. The molecular weight excluding hydrogens is 216 g/mol. The lowest BCUT2D eigenvalue weighted by atomic mass is 10.2. The molecule has 6 heteroatoms. The van der Waals surface area contributed by atoms with Crippen molar-refractivity contribution in [2.75, 3.05) is 0 Å². The van der Waals surface area contributed by atoms with Crippen LogP contribution in [0, 0.1) is 6.92 Å². The highest BCUT2D eigenvalue weighted by molar-refractivity contribution is 5.85. The summed E-state index contributed by atoms with van der Waals surface area (Å²) < 4.78 is 25.5. The summed E-state index contributed by atoms with van der Waals surface area (Å²) in [6.07, 6.45) is 1.20. The molecule has 3 nitrogen and oxygen atoms in total. The zero-order valence-corrected chi connectivity index (χ0v) is 8.02. The van der Waals surface area contributed by atoms with Crippen LogP contribution in [0.1, 0.15) is 11.3 Å². The number of pyridine rings is 1. The Kier molecular flexibility index (Phi) is 3.94. The molecule has 0 aliphatic rings. The summed E-state index contributed by atoms with van der Waals surface area (Å²) in [5, 5.41) is 8.17. The maximum absolute atomic E-state index is 12.7. The highest BCUT2D eigenvalue weighted by Crippen LogP contribution is 2.25. The van der Waals surface area contributed by atoms with Gasteiger partial charge < -0.3 is 5.11 Å². The van der Waals surface area contributed by atoms with Crippen molar-refractivity contribution in [3.8, 4) is 0 Å². The Morgan fingerprint density at radius 2 is 2.07 bits per heavy atom. The van der Waals surface area contributed by atoms with Crippen LogP contribution in [0.15, 0.2) is 18.3 Å². The van der Waals surface area contributed by atoms with E-state index in [4.69, 9.17) is 5.11 Å². The second-order valence-electron chi connectivity index (χ2n) is 2.60. The summed E-state index contributed by atoms with van der Waals surface area (Å²) in [6, 6.07) is 2.39. The molecule has 0 aliphatic heterocycles. The molecule has 0 radical (unpaired) electrons. The van der Waals surface area contributed by atoms with Gasteiger partial charge in [0.25, 0.3) is 0 Å². The van der Waals surface area contributed by atoms with Gasteiger partial charge >= 0.3 is 11.9 Å². The predicted molar refractivity (Wildman–Crippen MR) is 47.8 cm³/mol. The van der Waals surface area contributed by atoms with E-state index in [1.165, 1.54) is 12.3 Å². The first-order valence-electron chi connectivity index (χ1n) is 3.49. The van der Waals surface area contributed by atoms with E-state index in [9.17, 15) is 13.6 Å². The summed E-state index contributed by atoms with van der Waals surface area (Å²) in [7, 11) is 0. The highest BCUT2D eigenvalue weighted by Gasteiger charge is 2.42. The number of nitrogens with zero attached hydrogens (tertiary/aromatic N) is 1. The molecule has 0 saturated heterocycles. The van der Waals surface area contributed by atoms with Crippen LogP contribution in [-0.2, 0) is 10.7 Å². The maximum atomic E-state index is 12.7. The van der Waals surface area contributed by atoms with Gasteiger partial charge in [0.05, 0.1) is 0 Å². The third-order valence-corrected chi connectivity index (χ3v) is 1.50. The van der Waals surface area contributed by atoms with Gasteiger partial charge in [-0.3, -0.25) is 4.98 Å². The lowest BCUT2D eigenvalue weighted by Crippen LogP contribution is -2.26. The number of halogens is 3. The van der Waals surface area contributed by atoms with Crippen LogP contribution in [0.5, 0.6) is 0 Å². The van der Waals surface area contributed by atoms with E-state index >= 15 is 0 Å². The van der Waals surface area contributed by atoms with Crippen molar-refractivity contribution < 1.29 is 18.7 Å². The van der Waals surface area contributed by atoms with E-state index in [0.717, 1.165) is 6.07 Å². The molecule has 0 aliphatic carbocycles. The molecule has 14 heavy (non-hydrogen) atoms. The number of aryl methyl sites for hydroxylation is 1. The Hall–Kier alpha value is -1.23. The quantitative estimate of drug-likeness (QED) is 0.834. The Balaban J connectivity index is 0.00000169. The van der Waals surface area contributed by atoms with Crippen LogP contribution in [0.4, 0.5) is 8.78 Å². The summed E-state index contributed by atoms with van der Waals surface area (Å²) in [5.41, 5.74) is -0.0458. The van der Waals surface area contributed by atoms with Crippen molar-refractivity contribution in [1.82, 2.24) is 4.98 Å². The third-order valence-electron chi connectivity index (χ3n) is 1.50. The van der Waals surface area contributed by atoms with Gasteiger partial charge in [0, 0.05) is 6.20 Å². The molecule has 0 bridgehead atoms. The van der Waals surface area contributed by atoms with Crippen molar-refractivity contribution >= 4 is 18.4 Å². The van der Waals surface area contributed by atoms with Gasteiger partial charge in [-0.05, 0) is 18.6 Å². The standard InChI is InChI=1S/C8H7F2NO2.ClH/c1-5-2-3-6(11-4-5)8(9,10)7(12)13;/h2-4H,1H3,(H,12,13);1H. The number of hydrogen-bond donors (Lipinski definition) is 1. The second-order valence-corrected chi connectivity index (χ2v) is 2.60. The van der Waals surface area contributed by atoms with Gasteiger partial charge in [-0.1, -0.05) is 6.07 Å². The fourth-order valence-corrected chi connectivity index (χ4v) is 0.763. The van der Waals surface area contributed by atoms with Crippen LogP contribution in [0.25, 0.3) is 0 Å².